The maximum Gasteiger partial charge on any atom is 0.200 e. The maximum absolute atomic E-state index is 14.1. The molecule has 3 N–H and O–H groups in total. The normalized spacial score (nSPS) is 19.5. The van der Waals surface area contributed by atoms with Gasteiger partial charge in [0.05, 0.1) is 11.1 Å². The van der Waals surface area contributed by atoms with E-state index >= 15 is 0 Å². The molecule has 1 aliphatic carbocycles. The van der Waals surface area contributed by atoms with E-state index in [1.54, 1.807) is 6.08 Å². The Morgan fingerprint density at radius 1 is 1.08 bits per heavy atom. The second kappa shape index (κ2) is 7.34. The van der Waals surface area contributed by atoms with E-state index in [0.29, 0.717) is 45.7 Å². The number of hydrogen-bond acceptors (Lipinski definition) is 7. The van der Waals surface area contributed by atoms with E-state index in [2.05, 4.69) is 0 Å². The Bertz CT molecular complexity index is 1650. The van der Waals surface area contributed by atoms with Crippen LogP contribution in [0.3, 0.4) is 0 Å². The minimum atomic E-state index is -0.726. The molecule has 0 saturated heterocycles. The van der Waals surface area contributed by atoms with Gasteiger partial charge in [-0.2, -0.15) is 0 Å². The van der Waals surface area contributed by atoms with Crippen molar-refractivity contribution in [2.75, 3.05) is 0 Å². The largest absolute Gasteiger partial charge is 0.507 e. The van der Waals surface area contributed by atoms with Crippen molar-refractivity contribution in [3.05, 3.63) is 56.3 Å². The van der Waals surface area contributed by atoms with Crippen molar-refractivity contribution in [2.45, 2.75) is 71.5 Å². The van der Waals surface area contributed by atoms with Crippen LogP contribution in [-0.4, -0.2) is 26.5 Å². The van der Waals surface area contributed by atoms with Crippen molar-refractivity contribution in [3.8, 4) is 40.1 Å². The van der Waals surface area contributed by atoms with E-state index in [4.69, 9.17) is 13.9 Å². The molecule has 3 aliphatic rings. The third-order valence-corrected chi connectivity index (χ3v) is 7.69. The van der Waals surface area contributed by atoms with Gasteiger partial charge in [-0.1, -0.05) is 11.6 Å². The Balaban J connectivity index is 1.75. The van der Waals surface area contributed by atoms with Crippen LogP contribution in [-0.2, 0) is 12.8 Å². The van der Waals surface area contributed by atoms with Gasteiger partial charge in [-0.3, -0.25) is 4.79 Å². The Morgan fingerprint density at radius 3 is 2.51 bits per heavy atom. The number of rotatable bonds is 2. The van der Waals surface area contributed by atoms with Crippen molar-refractivity contribution in [2.24, 2.45) is 0 Å². The number of ether oxygens (including phenoxy) is 2. The summed E-state index contributed by atoms with van der Waals surface area (Å²) in [5.41, 5.74) is 2.04. The Labute approximate surface area is 214 Å². The van der Waals surface area contributed by atoms with Gasteiger partial charge < -0.3 is 29.2 Å². The van der Waals surface area contributed by atoms with Crippen molar-refractivity contribution in [1.29, 1.82) is 0 Å². The van der Waals surface area contributed by atoms with Gasteiger partial charge in [0.25, 0.3) is 0 Å². The molecule has 7 nitrogen and oxygen atoms in total. The molecule has 0 amide bonds. The molecule has 0 unspecified atom stereocenters. The molecule has 2 aliphatic heterocycles. The minimum Gasteiger partial charge on any atom is -0.507 e. The van der Waals surface area contributed by atoms with Crippen LogP contribution in [0, 0.1) is 0 Å². The quantitative estimate of drug-likeness (QED) is 0.364. The second-order valence-corrected chi connectivity index (χ2v) is 11.5. The highest BCUT2D eigenvalue weighted by Crippen LogP contribution is 2.60. The molecule has 1 atom stereocenters. The van der Waals surface area contributed by atoms with Gasteiger partial charge in [0.1, 0.15) is 45.2 Å². The Kier molecular flexibility index (Phi) is 4.67. The third-order valence-electron chi connectivity index (χ3n) is 7.69. The van der Waals surface area contributed by atoms with Crippen molar-refractivity contribution in [1.82, 2.24) is 0 Å². The molecule has 3 heterocycles. The van der Waals surface area contributed by atoms with Crippen molar-refractivity contribution in [3.63, 3.8) is 0 Å². The maximum atomic E-state index is 14.1. The van der Waals surface area contributed by atoms with E-state index in [9.17, 15) is 20.1 Å². The van der Waals surface area contributed by atoms with Crippen LogP contribution in [0.15, 0.2) is 33.0 Å². The molecular weight excluding hydrogens is 472 g/mol. The number of phenols is 3. The van der Waals surface area contributed by atoms with Crippen LogP contribution < -0.4 is 14.9 Å². The first-order valence-corrected chi connectivity index (χ1v) is 12.5. The van der Waals surface area contributed by atoms with Gasteiger partial charge >= 0.3 is 0 Å². The number of fused-ring (bicyclic) bond motifs is 4. The summed E-state index contributed by atoms with van der Waals surface area (Å²) < 4.78 is 18.9. The fourth-order valence-electron chi connectivity index (χ4n) is 5.81. The highest BCUT2D eigenvalue weighted by Gasteiger charge is 2.49. The minimum absolute atomic E-state index is 0.0984. The predicted octanol–water partition coefficient (Wildman–Crippen LogP) is 6.08. The zero-order chi connectivity index (χ0) is 26.6. The molecule has 0 fully saturated rings. The van der Waals surface area contributed by atoms with Crippen LogP contribution in [0.1, 0.15) is 69.7 Å². The van der Waals surface area contributed by atoms with E-state index < -0.39 is 11.2 Å². The molecule has 6 rings (SSSR count). The highest BCUT2D eigenvalue weighted by atomic mass is 16.5. The number of hydrogen-bond donors (Lipinski definition) is 3. The van der Waals surface area contributed by atoms with Crippen LogP contribution in [0.4, 0.5) is 0 Å². The van der Waals surface area contributed by atoms with E-state index in [0.717, 1.165) is 5.57 Å². The van der Waals surface area contributed by atoms with Crippen molar-refractivity contribution >= 4 is 17.0 Å². The average molecular weight is 503 g/mol. The summed E-state index contributed by atoms with van der Waals surface area (Å²) in [6, 6.07) is 1.22. The van der Waals surface area contributed by atoms with Crippen molar-refractivity contribution < 1.29 is 29.2 Å². The lowest BCUT2D eigenvalue weighted by atomic mass is 9.74. The van der Waals surface area contributed by atoms with Crippen LogP contribution in [0.25, 0.3) is 28.4 Å². The zero-order valence-electron chi connectivity index (χ0n) is 21.8. The number of aromatic hydroxyl groups is 3. The lowest BCUT2D eigenvalue weighted by Gasteiger charge is -2.32. The van der Waals surface area contributed by atoms with Crippen LogP contribution in [0.2, 0.25) is 0 Å². The molecule has 0 saturated carbocycles. The van der Waals surface area contributed by atoms with Gasteiger partial charge in [0, 0.05) is 28.7 Å². The molecule has 37 heavy (non-hydrogen) atoms. The molecule has 1 aromatic heterocycles. The first kappa shape index (κ1) is 23.5. The molecule has 3 aromatic rings. The fourth-order valence-corrected chi connectivity index (χ4v) is 5.81. The van der Waals surface area contributed by atoms with Gasteiger partial charge in [0.15, 0.2) is 16.9 Å². The van der Waals surface area contributed by atoms with E-state index in [1.807, 2.05) is 53.7 Å². The third kappa shape index (κ3) is 3.22. The topological polar surface area (TPSA) is 109 Å². The average Bonchev–Trinajstić information content (AvgIpc) is 3.07. The lowest BCUT2D eigenvalue weighted by Crippen LogP contribution is -2.34. The Hall–Kier alpha value is -3.87. The molecule has 7 heteroatoms. The summed E-state index contributed by atoms with van der Waals surface area (Å²) >= 11 is 0. The predicted molar refractivity (Wildman–Crippen MR) is 141 cm³/mol. The number of allylic oxidation sites excluding steroid dienone is 2. The van der Waals surface area contributed by atoms with Gasteiger partial charge in [0.2, 0.25) is 0 Å². The first-order chi connectivity index (χ1) is 17.3. The summed E-state index contributed by atoms with van der Waals surface area (Å²) in [6.07, 6.45) is 6.37. The molecular formula is C30H30O7. The summed E-state index contributed by atoms with van der Waals surface area (Å²) in [7, 11) is 0. The summed E-state index contributed by atoms with van der Waals surface area (Å²) in [5, 5.41) is 33.0. The van der Waals surface area contributed by atoms with Gasteiger partial charge in [-0.05, 0) is 66.5 Å². The monoisotopic (exact) mass is 502 g/mol. The summed E-state index contributed by atoms with van der Waals surface area (Å²) in [5.74, 6) is 0.166. The molecule has 0 spiro atoms. The van der Waals surface area contributed by atoms with Crippen LogP contribution >= 0.6 is 0 Å². The SMILES string of the molecule is CC(C)=CCc1c2c(c(O)c3c(=O)c4c(oc13)-c1c(O)cc(O)c3c1[C@H](C4)C(C)(C)O3)C=CC(C)(C)O2. The fraction of sp³-hybridized carbons (Fsp3) is 0.367. The number of phenolic OH excluding ortho intramolecular Hbond substituents is 3. The lowest BCUT2D eigenvalue weighted by molar-refractivity contribution is 0.106. The smallest absolute Gasteiger partial charge is 0.200 e. The van der Waals surface area contributed by atoms with E-state index in [1.165, 1.54) is 6.07 Å². The summed E-state index contributed by atoms with van der Waals surface area (Å²) in [6.45, 7) is 11.6. The van der Waals surface area contributed by atoms with E-state index in [-0.39, 0.29) is 51.7 Å². The standard InChI is InChI=1S/C30H30O7/c1-13(2)7-8-15-25-14(9-10-29(3,4)36-25)23(33)22-24(34)16-11-17-20-21(27(16)35-26(15)22)18(31)12-19(32)28(20)37-30(17,5)6/h7,9-10,12,17,31-33H,8,11H2,1-6H3/t17-/m0/s1. The second-order valence-electron chi connectivity index (χ2n) is 11.5. The van der Waals surface area contributed by atoms with Gasteiger partial charge in [-0.15, -0.1) is 0 Å². The first-order valence-electron chi connectivity index (χ1n) is 12.5. The molecule has 0 bridgehead atoms. The molecule has 0 radical (unpaired) electrons. The highest BCUT2D eigenvalue weighted by molar-refractivity contribution is 5.96. The Morgan fingerprint density at radius 2 is 1.81 bits per heavy atom. The molecule has 192 valence electrons. The summed E-state index contributed by atoms with van der Waals surface area (Å²) in [4.78, 5) is 14.1. The molecule has 2 aromatic carbocycles. The van der Waals surface area contributed by atoms with Gasteiger partial charge in [-0.25, -0.2) is 0 Å². The zero-order valence-corrected chi connectivity index (χ0v) is 21.8. The van der Waals surface area contributed by atoms with Crippen LogP contribution in [0.5, 0.6) is 28.7 Å². The number of benzene rings is 2.